The molecular formula is C14H23NO. The molecule has 0 amide bonds. The van der Waals surface area contributed by atoms with E-state index in [4.69, 9.17) is 0 Å². The van der Waals surface area contributed by atoms with E-state index in [0.717, 1.165) is 18.4 Å². The van der Waals surface area contributed by atoms with Gasteiger partial charge in [-0.1, -0.05) is 25.3 Å². The van der Waals surface area contributed by atoms with Gasteiger partial charge in [0.2, 0.25) is 0 Å². The highest BCUT2D eigenvalue weighted by Gasteiger charge is 2.17. The molecule has 0 aliphatic heterocycles. The molecule has 2 rings (SSSR count). The number of allylic oxidation sites excluding steroid dienone is 1. The first-order valence-corrected chi connectivity index (χ1v) is 6.82. The molecule has 2 nitrogen and oxygen atoms in total. The zero-order valence-corrected chi connectivity index (χ0v) is 10.1. The van der Waals surface area contributed by atoms with Crippen molar-refractivity contribution in [2.75, 3.05) is 6.54 Å². The standard InChI is InChI=1S/C14H23NO/c16-14(11-15-13-9-5-6-10-13)12-7-3-1-2-4-8-12/h7,13,15H,1-6,8-11H2. The van der Waals surface area contributed by atoms with Crippen LogP contribution in [0.5, 0.6) is 0 Å². The Bertz CT molecular complexity index is 264. The summed E-state index contributed by atoms with van der Waals surface area (Å²) in [4.78, 5) is 12.0. The van der Waals surface area contributed by atoms with E-state index in [-0.39, 0.29) is 0 Å². The SMILES string of the molecule is O=C(CNC1CCCC1)C1=CCCCCC1. The van der Waals surface area contributed by atoms with E-state index in [1.807, 2.05) is 0 Å². The number of hydrogen-bond acceptors (Lipinski definition) is 2. The molecule has 0 heterocycles. The summed E-state index contributed by atoms with van der Waals surface area (Å²) in [7, 11) is 0. The number of ketones is 1. The van der Waals surface area contributed by atoms with Crippen LogP contribution >= 0.6 is 0 Å². The van der Waals surface area contributed by atoms with Gasteiger partial charge in [-0.2, -0.15) is 0 Å². The molecule has 90 valence electrons. The number of carbonyl (C=O) groups is 1. The smallest absolute Gasteiger partial charge is 0.172 e. The van der Waals surface area contributed by atoms with Crippen molar-refractivity contribution in [2.45, 2.75) is 63.8 Å². The lowest BCUT2D eigenvalue weighted by Gasteiger charge is -2.11. The van der Waals surface area contributed by atoms with Crippen LogP contribution in [0.25, 0.3) is 0 Å². The van der Waals surface area contributed by atoms with Gasteiger partial charge in [0.15, 0.2) is 5.78 Å². The molecule has 1 fully saturated rings. The Morgan fingerprint density at radius 2 is 2.00 bits per heavy atom. The maximum absolute atomic E-state index is 12.0. The van der Waals surface area contributed by atoms with E-state index in [2.05, 4.69) is 11.4 Å². The van der Waals surface area contributed by atoms with Crippen molar-refractivity contribution >= 4 is 5.78 Å². The average Bonchev–Trinajstić information content (AvgIpc) is 2.66. The molecule has 0 aromatic rings. The molecule has 0 unspecified atom stereocenters. The van der Waals surface area contributed by atoms with Gasteiger partial charge in [0.1, 0.15) is 0 Å². The molecule has 2 aliphatic rings. The molecule has 0 bridgehead atoms. The van der Waals surface area contributed by atoms with Crippen molar-refractivity contribution in [3.05, 3.63) is 11.6 Å². The molecule has 1 saturated carbocycles. The van der Waals surface area contributed by atoms with Crippen LogP contribution in [0.4, 0.5) is 0 Å². The Morgan fingerprint density at radius 1 is 1.19 bits per heavy atom. The van der Waals surface area contributed by atoms with Gasteiger partial charge in [0.05, 0.1) is 6.54 Å². The van der Waals surface area contributed by atoms with Crippen LogP contribution < -0.4 is 5.32 Å². The minimum atomic E-state index is 0.341. The molecule has 0 saturated heterocycles. The third-order valence-corrected chi connectivity index (χ3v) is 3.81. The van der Waals surface area contributed by atoms with Crippen LogP contribution in [0, 0.1) is 0 Å². The number of carbonyl (C=O) groups excluding carboxylic acids is 1. The fourth-order valence-electron chi connectivity index (χ4n) is 2.75. The summed E-state index contributed by atoms with van der Waals surface area (Å²) < 4.78 is 0. The predicted octanol–water partition coefficient (Wildman–Crippen LogP) is 2.98. The first-order valence-electron chi connectivity index (χ1n) is 6.82. The van der Waals surface area contributed by atoms with Crippen molar-refractivity contribution in [1.29, 1.82) is 0 Å². The molecule has 0 radical (unpaired) electrons. The molecule has 0 aromatic heterocycles. The summed E-state index contributed by atoms with van der Waals surface area (Å²) in [5.41, 5.74) is 1.09. The van der Waals surface area contributed by atoms with E-state index in [9.17, 15) is 4.79 Å². The van der Waals surface area contributed by atoms with Gasteiger partial charge in [0.25, 0.3) is 0 Å². The lowest BCUT2D eigenvalue weighted by molar-refractivity contribution is -0.115. The summed E-state index contributed by atoms with van der Waals surface area (Å²) >= 11 is 0. The largest absolute Gasteiger partial charge is 0.307 e. The Morgan fingerprint density at radius 3 is 2.81 bits per heavy atom. The van der Waals surface area contributed by atoms with Crippen LogP contribution in [-0.4, -0.2) is 18.4 Å². The third-order valence-electron chi connectivity index (χ3n) is 3.81. The molecule has 0 spiro atoms. The number of hydrogen-bond donors (Lipinski definition) is 1. The van der Waals surface area contributed by atoms with E-state index in [0.29, 0.717) is 18.4 Å². The van der Waals surface area contributed by atoms with Crippen LogP contribution in [0.15, 0.2) is 11.6 Å². The van der Waals surface area contributed by atoms with Crippen LogP contribution in [0.2, 0.25) is 0 Å². The number of rotatable bonds is 4. The van der Waals surface area contributed by atoms with Gasteiger partial charge in [-0.15, -0.1) is 0 Å². The van der Waals surface area contributed by atoms with E-state index < -0.39 is 0 Å². The lowest BCUT2D eigenvalue weighted by atomic mass is 10.1. The highest BCUT2D eigenvalue weighted by molar-refractivity contribution is 5.96. The molecular weight excluding hydrogens is 198 g/mol. The Balaban J connectivity index is 1.75. The van der Waals surface area contributed by atoms with Crippen LogP contribution in [0.1, 0.15) is 57.8 Å². The monoisotopic (exact) mass is 221 g/mol. The van der Waals surface area contributed by atoms with Gasteiger partial charge in [-0.05, 0) is 44.1 Å². The van der Waals surface area contributed by atoms with Crippen molar-refractivity contribution in [2.24, 2.45) is 0 Å². The van der Waals surface area contributed by atoms with E-state index in [1.165, 1.54) is 44.9 Å². The summed E-state index contributed by atoms with van der Waals surface area (Å²) in [6, 6.07) is 0.607. The third kappa shape index (κ3) is 3.44. The van der Waals surface area contributed by atoms with Crippen molar-refractivity contribution in [3.63, 3.8) is 0 Å². The summed E-state index contributed by atoms with van der Waals surface area (Å²) in [6.07, 6.45) is 13.2. The topological polar surface area (TPSA) is 29.1 Å². The summed E-state index contributed by atoms with van der Waals surface area (Å²) in [5.74, 6) is 0.341. The van der Waals surface area contributed by atoms with Gasteiger partial charge < -0.3 is 5.32 Å². The van der Waals surface area contributed by atoms with Gasteiger partial charge in [-0.25, -0.2) is 0 Å². The predicted molar refractivity (Wildman–Crippen MR) is 66.4 cm³/mol. The number of nitrogens with one attached hydrogen (secondary N) is 1. The Hall–Kier alpha value is -0.630. The van der Waals surface area contributed by atoms with Gasteiger partial charge in [0, 0.05) is 6.04 Å². The number of Topliss-reactive ketones (excluding diaryl/α,β-unsaturated/α-hetero) is 1. The summed E-state index contributed by atoms with van der Waals surface area (Å²) in [6.45, 7) is 0.566. The fraction of sp³-hybridized carbons (Fsp3) is 0.786. The fourth-order valence-corrected chi connectivity index (χ4v) is 2.75. The zero-order chi connectivity index (χ0) is 11.2. The first-order chi connectivity index (χ1) is 7.86. The van der Waals surface area contributed by atoms with Crippen molar-refractivity contribution < 1.29 is 4.79 Å². The van der Waals surface area contributed by atoms with Crippen molar-refractivity contribution in [1.82, 2.24) is 5.32 Å². The molecule has 0 aromatic carbocycles. The average molecular weight is 221 g/mol. The highest BCUT2D eigenvalue weighted by Crippen LogP contribution is 2.19. The minimum absolute atomic E-state index is 0.341. The lowest BCUT2D eigenvalue weighted by Crippen LogP contribution is -2.32. The molecule has 1 N–H and O–H groups in total. The summed E-state index contributed by atoms with van der Waals surface area (Å²) in [5, 5.41) is 3.41. The first kappa shape index (κ1) is 11.8. The van der Waals surface area contributed by atoms with E-state index in [1.54, 1.807) is 0 Å². The van der Waals surface area contributed by atoms with Crippen molar-refractivity contribution in [3.8, 4) is 0 Å². The second kappa shape index (κ2) is 6.19. The molecule has 2 heteroatoms. The molecule has 0 atom stereocenters. The second-order valence-corrected chi connectivity index (χ2v) is 5.11. The van der Waals surface area contributed by atoms with E-state index >= 15 is 0 Å². The zero-order valence-electron chi connectivity index (χ0n) is 10.1. The Labute approximate surface area is 98.5 Å². The van der Waals surface area contributed by atoms with Gasteiger partial charge >= 0.3 is 0 Å². The highest BCUT2D eigenvalue weighted by atomic mass is 16.1. The normalized spacial score (nSPS) is 22.9. The van der Waals surface area contributed by atoms with Crippen LogP contribution in [-0.2, 0) is 4.79 Å². The second-order valence-electron chi connectivity index (χ2n) is 5.11. The molecule has 16 heavy (non-hydrogen) atoms. The van der Waals surface area contributed by atoms with Gasteiger partial charge in [-0.3, -0.25) is 4.79 Å². The minimum Gasteiger partial charge on any atom is -0.307 e. The van der Waals surface area contributed by atoms with Crippen LogP contribution in [0.3, 0.4) is 0 Å². The Kier molecular flexibility index (Phi) is 4.58. The maximum atomic E-state index is 12.0. The maximum Gasteiger partial charge on any atom is 0.172 e. The quantitative estimate of drug-likeness (QED) is 0.790. The molecule has 2 aliphatic carbocycles.